The minimum atomic E-state index is -0.931. The van der Waals surface area contributed by atoms with Gasteiger partial charge in [0.15, 0.2) is 0 Å². The average molecular weight is 199 g/mol. The molecule has 0 saturated carbocycles. The molecule has 1 atom stereocenters. The van der Waals surface area contributed by atoms with Gasteiger partial charge in [-0.1, -0.05) is 12.7 Å². The molecule has 1 heterocycles. The fourth-order valence-electron chi connectivity index (χ4n) is 0.905. The molecular weight excluding hydrogens is 190 g/mol. The first kappa shape index (κ1) is 10.2. The molecule has 0 spiro atoms. The van der Waals surface area contributed by atoms with Gasteiger partial charge in [0.25, 0.3) is 0 Å². The summed E-state index contributed by atoms with van der Waals surface area (Å²) < 4.78 is 8.78. The predicted octanol–water partition coefficient (Wildman–Crippen LogP) is -0.259. The summed E-state index contributed by atoms with van der Waals surface area (Å²) >= 11 is 0. The van der Waals surface area contributed by atoms with E-state index in [1.165, 1.54) is 6.08 Å². The lowest BCUT2D eigenvalue weighted by molar-refractivity contribution is -0.146. The van der Waals surface area contributed by atoms with Crippen LogP contribution >= 0.6 is 0 Å². The van der Waals surface area contributed by atoms with E-state index in [9.17, 15) is 14.4 Å². The van der Waals surface area contributed by atoms with Gasteiger partial charge in [0, 0.05) is 0 Å². The van der Waals surface area contributed by atoms with Gasteiger partial charge >= 0.3 is 18.0 Å². The largest absolute Gasteiger partial charge is 0.461 e. The minimum Gasteiger partial charge on any atom is -0.461 e. The molecule has 76 valence electrons. The Morgan fingerprint density at radius 3 is 2.86 bits per heavy atom. The van der Waals surface area contributed by atoms with E-state index in [1.54, 1.807) is 0 Å². The zero-order chi connectivity index (χ0) is 10.6. The predicted molar refractivity (Wildman–Crippen MR) is 44.2 cm³/mol. The summed E-state index contributed by atoms with van der Waals surface area (Å²) in [5.41, 5.74) is 0. The van der Waals surface area contributed by atoms with Crippen molar-refractivity contribution in [2.75, 3.05) is 6.61 Å². The zero-order valence-electron chi connectivity index (χ0n) is 7.32. The Kier molecular flexibility index (Phi) is 3.22. The Morgan fingerprint density at radius 1 is 1.64 bits per heavy atom. The van der Waals surface area contributed by atoms with E-state index in [1.807, 2.05) is 0 Å². The Hall–Kier alpha value is -1.85. The normalized spacial score (nSPS) is 19.9. The number of hydrogen-bond donors (Lipinski definition) is 1. The van der Waals surface area contributed by atoms with Crippen LogP contribution < -0.4 is 5.32 Å². The first-order valence-electron chi connectivity index (χ1n) is 3.92. The molecule has 0 unspecified atom stereocenters. The van der Waals surface area contributed by atoms with Gasteiger partial charge in [-0.05, 0) is 0 Å². The van der Waals surface area contributed by atoms with Crippen LogP contribution in [0.25, 0.3) is 0 Å². The van der Waals surface area contributed by atoms with E-state index in [0.717, 1.165) is 0 Å². The molecule has 0 aliphatic carbocycles. The summed E-state index contributed by atoms with van der Waals surface area (Å²) in [6.07, 6.45) is 0.346. The SMILES string of the molecule is C=CCOC(=O)C[C@@H]1NC(=O)OC1=O. The van der Waals surface area contributed by atoms with Crippen LogP contribution in [-0.2, 0) is 19.1 Å². The average Bonchev–Trinajstić information content (AvgIpc) is 2.42. The Morgan fingerprint density at radius 2 is 2.36 bits per heavy atom. The lowest BCUT2D eigenvalue weighted by atomic mass is 10.2. The van der Waals surface area contributed by atoms with Gasteiger partial charge in [-0.15, -0.1) is 0 Å². The van der Waals surface area contributed by atoms with Crippen molar-refractivity contribution in [1.82, 2.24) is 5.32 Å². The van der Waals surface area contributed by atoms with Gasteiger partial charge in [-0.3, -0.25) is 4.79 Å². The number of ether oxygens (including phenoxy) is 2. The number of nitrogens with one attached hydrogen (secondary N) is 1. The van der Waals surface area contributed by atoms with Crippen LogP contribution in [0.2, 0.25) is 0 Å². The standard InChI is InChI=1S/C8H9NO5/c1-2-3-13-6(10)4-5-7(11)14-8(12)9-5/h2,5H,1,3-4H2,(H,9,12)/t5-/m0/s1. The Balaban J connectivity index is 2.37. The highest BCUT2D eigenvalue weighted by atomic mass is 16.6. The van der Waals surface area contributed by atoms with Crippen molar-refractivity contribution in [3.8, 4) is 0 Å². The van der Waals surface area contributed by atoms with Crippen LogP contribution in [0.5, 0.6) is 0 Å². The van der Waals surface area contributed by atoms with Gasteiger partial charge in [0.05, 0.1) is 6.42 Å². The molecule has 0 bridgehead atoms. The second-order valence-corrected chi connectivity index (χ2v) is 2.58. The number of carbonyl (C=O) groups excluding carboxylic acids is 3. The monoisotopic (exact) mass is 199 g/mol. The quantitative estimate of drug-likeness (QED) is 0.383. The minimum absolute atomic E-state index is 0.0779. The number of alkyl carbamates (subject to hydrolysis) is 1. The smallest absolute Gasteiger partial charge is 0.415 e. The summed E-state index contributed by atoms with van der Waals surface area (Å²) in [7, 11) is 0. The van der Waals surface area contributed by atoms with Crippen LogP contribution in [0.4, 0.5) is 4.79 Å². The molecule has 1 aliphatic heterocycles. The van der Waals surface area contributed by atoms with Gasteiger partial charge in [-0.25, -0.2) is 9.59 Å². The van der Waals surface area contributed by atoms with Gasteiger partial charge in [-0.2, -0.15) is 0 Å². The third-order valence-corrected chi connectivity index (χ3v) is 1.50. The molecule has 6 nitrogen and oxygen atoms in total. The van der Waals surface area contributed by atoms with Gasteiger partial charge in [0.2, 0.25) is 0 Å². The molecule has 1 saturated heterocycles. The Labute approximate surface area is 79.9 Å². The van der Waals surface area contributed by atoms with E-state index < -0.39 is 24.1 Å². The molecule has 0 radical (unpaired) electrons. The molecule has 1 rings (SSSR count). The highest BCUT2D eigenvalue weighted by Gasteiger charge is 2.34. The van der Waals surface area contributed by atoms with Crippen LogP contribution in [-0.4, -0.2) is 30.7 Å². The second-order valence-electron chi connectivity index (χ2n) is 2.58. The lowest BCUT2D eigenvalue weighted by Gasteiger charge is -2.04. The summed E-state index contributed by atoms with van der Waals surface area (Å²) in [6.45, 7) is 3.43. The van der Waals surface area contributed by atoms with Crippen molar-refractivity contribution in [3.05, 3.63) is 12.7 Å². The number of rotatable bonds is 4. The van der Waals surface area contributed by atoms with Crippen molar-refractivity contribution in [1.29, 1.82) is 0 Å². The molecule has 0 aromatic heterocycles. The number of cyclic esters (lactones) is 2. The molecule has 1 N–H and O–H groups in total. The zero-order valence-corrected chi connectivity index (χ0v) is 7.32. The first-order chi connectivity index (χ1) is 6.63. The number of amides is 1. The van der Waals surface area contributed by atoms with Crippen molar-refractivity contribution >= 4 is 18.0 Å². The third-order valence-electron chi connectivity index (χ3n) is 1.50. The molecular formula is C8H9NO5. The summed E-state index contributed by atoms with van der Waals surface area (Å²) in [5.74, 6) is -1.35. The highest BCUT2D eigenvalue weighted by Crippen LogP contribution is 2.05. The van der Waals surface area contributed by atoms with E-state index in [2.05, 4.69) is 21.4 Å². The molecule has 1 aliphatic rings. The third kappa shape index (κ3) is 2.58. The fourth-order valence-corrected chi connectivity index (χ4v) is 0.905. The van der Waals surface area contributed by atoms with Crippen molar-refractivity contribution in [2.24, 2.45) is 0 Å². The van der Waals surface area contributed by atoms with Gasteiger partial charge < -0.3 is 14.8 Å². The van der Waals surface area contributed by atoms with Crippen molar-refractivity contribution in [2.45, 2.75) is 12.5 Å². The summed E-state index contributed by atoms with van der Waals surface area (Å²) in [5, 5.41) is 2.17. The molecule has 1 fully saturated rings. The maximum absolute atomic E-state index is 11.0. The Bertz CT molecular complexity index is 285. The van der Waals surface area contributed by atoms with Crippen LogP contribution in [0.15, 0.2) is 12.7 Å². The van der Waals surface area contributed by atoms with Crippen molar-refractivity contribution in [3.63, 3.8) is 0 Å². The highest BCUT2D eigenvalue weighted by molar-refractivity contribution is 5.97. The van der Waals surface area contributed by atoms with E-state index in [-0.39, 0.29) is 13.0 Å². The van der Waals surface area contributed by atoms with Crippen molar-refractivity contribution < 1.29 is 23.9 Å². The van der Waals surface area contributed by atoms with Crippen LogP contribution in [0, 0.1) is 0 Å². The second kappa shape index (κ2) is 4.40. The molecule has 6 heteroatoms. The van der Waals surface area contributed by atoms with E-state index in [4.69, 9.17) is 0 Å². The molecule has 0 aromatic rings. The first-order valence-corrected chi connectivity index (χ1v) is 3.92. The molecule has 14 heavy (non-hydrogen) atoms. The molecule has 0 aromatic carbocycles. The number of esters is 2. The summed E-state index contributed by atoms with van der Waals surface area (Å²) in [4.78, 5) is 32.4. The number of hydrogen-bond acceptors (Lipinski definition) is 5. The van der Waals surface area contributed by atoms with Crippen LogP contribution in [0.3, 0.4) is 0 Å². The lowest BCUT2D eigenvalue weighted by Crippen LogP contribution is -2.31. The maximum Gasteiger partial charge on any atom is 0.415 e. The summed E-state index contributed by atoms with van der Waals surface area (Å²) in [6, 6.07) is -0.931. The van der Waals surface area contributed by atoms with E-state index >= 15 is 0 Å². The topological polar surface area (TPSA) is 81.7 Å². The van der Waals surface area contributed by atoms with Gasteiger partial charge in [0.1, 0.15) is 12.6 Å². The maximum atomic E-state index is 11.0. The van der Waals surface area contributed by atoms with Crippen LogP contribution in [0.1, 0.15) is 6.42 Å². The fraction of sp³-hybridized carbons (Fsp3) is 0.375. The van der Waals surface area contributed by atoms with E-state index in [0.29, 0.717) is 0 Å². The molecule has 1 amide bonds. The number of carbonyl (C=O) groups is 3.